The fourth-order valence-corrected chi connectivity index (χ4v) is 4.58. The normalized spacial score (nSPS) is 14.7. The minimum Gasteiger partial charge on any atom is -0.465 e. The van der Waals surface area contributed by atoms with Crippen LogP contribution in [-0.4, -0.2) is 58.4 Å². The van der Waals surface area contributed by atoms with Crippen molar-refractivity contribution in [2.24, 2.45) is 5.92 Å². The van der Waals surface area contributed by atoms with Gasteiger partial charge in [-0.3, -0.25) is 9.59 Å². The maximum Gasteiger partial charge on any atom is 0.339 e. The smallest absolute Gasteiger partial charge is 0.339 e. The summed E-state index contributed by atoms with van der Waals surface area (Å²) in [5.41, 5.74) is 0.454. The van der Waals surface area contributed by atoms with E-state index in [1.807, 2.05) is 0 Å². The van der Waals surface area contributed by atoms with E-state index in [2.05, 4.69) is 25.3 Å². The Morgan fingerprint density at radius 2 is 1.72 bits per heavy atom. The third-order valence-electron chi connectivity index (χ3n) is 6.96. The molecule has 2 N–H and O–H groups in total. The second kappa shape index (κ2) is 13.4. The fraction of sp³-hybridized carbons (Fsp3) is 0.188. The number of rotatable bonds is 9. The number of amides is 4. The number of carbonyl (C=O) groups is 4. The lowest BCUT2D eigenvalue weighted by Gasteiger charge is -2.39. The standard InChI is InChI=1S/C32H28F2N6O6/c1-18(2)39-17-24(30(42)40(32(39)44)22-8-5-20(33)6-9-22)29(41)37-21-7-10-26(25(34)14-21)46-23-12-13-35-28(15-23)38-27-11-4-19(16-36-27)31(43)45-3/h4-16,18,24H,17H2,1-3H3,(H,37,41)(H,35,36,38). The number of imide groups is 1. The van der Waals surface area contributed by atoms with Gasteiger partial charge in [0.2, 0.25) is 11.8 Å². The van der Waals surface area contributed by atoms with Crippen molar-refractivity contribution in [2.75, 3.05) is 29.2 Å². The number of aromatic nitrogens is 2. The SMILES string of the molecule is COC(=O)c1ccc(Nc2cc(Oc3ccc(NC(=O)C4CN(C(C)C)C(=O)N(c5ccc(F)cc5)C4=O)cc3F)ccn2)nc1. The summed E-state index contributed by atoms with van der Waals surface area (Å²) in [7, 11) is 1.27. The highest BCUT2D eigenvalue weighted by molar-refractivity contribution is 6.23. The number of urea groups is 1. The molecular weight excluding hydrogens is 602 g/mol. The van der Waals surface area contributed by atoms with Gasteiger partial charge >= 0.3 is 12.0 Å². The Kier molecular flexibility index (Phi) is 9.16. The first-order valence-corrected chi connectivity index (χ1v) is 14.0. The van der Waals surface area contributed by atoms with Crippen LogP contribution in [0, 0.1) is 17.6 Å². The summed E-state index contributed by atoms with van der Waals surface area (Å²) >= 11 is 0. The van der Waals surface area contributed by atoms with Gasteiger partial charge in [0.15, 0.2) is 11.6 Å². The van der Waals surface area contributed by atoms with Gasteiger partial charge in [-0.2, -0.15) is 0 Å². The zero-order valence-electron chi connectivity index (χ0n) is 24.9. The van der Waals surface area contributed by atoms with Gasteiger partial charge in [-0.25, -0.2) is 33.2 Å². The largest absolute Gasteiger partial charge is 0.465 e. The average molecular weight is 631 g/mol. The van der Waals surface area contributed by atoms with Crippen molar-refractivity contribution in [1.29, 1.82) is 0 Å². The van der Waals surface area contributed by atoms with Gasteiger partial charge in [0.05, 0.1) is 18.4 Å². The van der Waals surface area contributed by atoms with E-state index >= 15 is 4.39 Å². The van der Waals surface area contributed by atoms with Crippen LogP contribution in [0.5, 0.6) is 11.5 Å². The van der Waals surface area contributed by atoms with E-state index in [0.29, 0.717) is 11.6 Å². The molecule has 0 radical (unpaired) electrons. The van der Waals surface area contributed by atoms with Crippen LogP contribution in [-0.2, 0) is 14.3 Å². The molecule has 0 bridgehead atoms. The molecule has 0 saturated carbocycles. The van der Waals surface area contributed by atoms with Crippen LogP contribution in [0.2, 0.25) is 0 Å². The summed E-state index contributed by atoms with van der Waals surface area (Å²) in [6.45, 7) is 3.29. The Bertz CT molecular complexity index is 1790. The lowest BCUT2D eigenvalue weighted by atomic mass is 10.0. The van der Waals surface area contributed by atoms with E-state index in [0.717, 1.165) is 23.1 Å². The summed E-state index contributed by atoms with van der Waals surface area (Å²) < 4.78 is 38.9. The van der Waals surface area contributed by atoms with Crippen molar-refractivity contribution in [3.05, 3.63) is 96.3 Å². The molecular formula is C32H28F2N6O6. The minimum atomic E-state index is -1.31. The van der Waals surface area contributed by atoms with Gasteiger partial charge in [0.25, 0.3) is 0 Å². The molecule has 1 unspecified atom stereocenters. The van der Waals surface area contributed by atoms with Crippen LogP contribution in [0.1, 0.15) is 24.2 Å². The van der Waals surface area contributed by atoms with Gasteiger partial charge in [-0.1, -0.05) is 0 Å². The number of esters is 1. The van der Waals surface area contributed by atoms with Crippen LogP contribution in [0.25, 0.3) is 0 Å². The third kappa shape index (κ3) is 6.90. The molecule has 2 aromatic carbocycles. The Morgan fingerprint density at radius 1 is 0.957 bits per heavy atom. The first-order valence-electron chi connectivity index (χ1n) is 14.0. The molecule has 0 spiro atoms. The second-order valence-corrected chi connectivity index (χ2v) is 10.4. The Labute approximate surface area is 262 Å². The number of nitrogens with zero attached hydrogens (tertiary/aromatic N) is 4. The number of methoxy groups -OCH3 is 1. The lowest BCUT2D eigenvalue weighted by molar-refractivity contribution is -0.132. The van der Waals surface area contributed by atoms with E-state index in [4.69, 9.17) is 4.74 Å². The van der Waals surface area contributed by atoms with Gasteiger partial charge in [-0.15, -0.1) is 0 Å². The molecule has 1 fully saturated rings. The third-order valence-corrected chi connectivity index (χ3v) is 6.96. The topological polar surface area (TPSA) is 143 Å². The van der Waals surface area contributed by atoms with E-state index in [9.17, 15) is 23.6 Å². The molecule has 46 heavy (non-hydrogen) atoms. The molecule has 2 aromatic heterocycles. The Morgan fingerprint density at radius 3 is 2.37 bits per heavy atom. The number of nitrogens with one attached hydrogen (secondary N) is 2. The van der Waals surface area contributed by atoms with E-state index in [1.165, 1.54) is 66.9 Å². The summed E-state index contributed by atoms with van der Waals surface area (Å²) in [6.07, 6.45) is 2.78. The summed E-state index contributed by atoms with van der Waals surface area (Å²) in [5, 5.41) is 5.50. The quantitative estimate of drug-likeness (QED) is 0.181. The monoisotopic (exact) mass is 630 g/mol. The number of hydrogen-bond acceptors (Lipinski definition) is 9. The molecule has 12 nitrogen and oxygen atoms in total. The Hall–Kier alpha value is -5.92. The number of benzene rings is 2. The molecule has 0 aliphatic carbocycles. The van der Waals surface area contributed by atoms with E-state index in [-0.39, 0.29) is 41.0 Å². The van der Waals surface area contributed by atoms with Crippen LogP contribution in [0.15, 0.2) is 79.1 Å². The molecule has 1 saturated heterocycles. The van der Waals surface area contributed by atoms with Crippen molar-refractivity contribution >= 4 is 46.8 Å². The number of pyridine rings is 2. The highest BCUT2D eigenvalue weighted by Crippen LogP contribution is 2.30. The lowest BCUT2D eigenvalue weighted by Crippen LogP contribution is -2.61. The van der Waals surface area contributed by atoms with Gasteiger partial charge in [0.1, 0.15) is 29.1 Å². The highest BCUT2D eigenvalue weighted by atomic mass is 19.1. The number of anilines is 4. The first-order chi connectivity index (χ1) is 22.0. The fourth-order valence-electron chi connectivity index (χ4n) is 4.58. The zero-order valence-corrected chi connectivity index (χ0v) is 24.9. The van der Waals surface area contributed by atoms with Crippen molar-refractivity contribution in [1.82, 2.24) is 14.9 Å². The van der Waals surface area contributed by atoms with Crippen molar-refractivity contribution in [2.45, 2.75) is 19.9 Å². The zero-order chi connectivity index (χ0) is 33.0. The van der Waals surface area contributed by atoms with Crippen LogP contribution < -0.4 is 20.3 Å². The average Bonchev–Trinajstić information content (AvgIpc) is 3.03. The Balaban J connectivity index is 1.27. The number of carbonyl (C=O) groups excluding carboxylic acids is 4. The number of halogens is 2. The summed E-state index contributed by atoms with van der Waals surface area (Å²) in [6, 6.07) is 13.7. The predicted octanol–water partition coefficient (Wildman–Crippen LogP) is 5.51. The molecule has 1 aliphatic rings. The molecule has 1 aliphatic heterocycles. The molecule has 236 valence electrons. The van der Waals surface area contributed by atoms with Crippen LogP contribution in [0.4, 0.5) is 36.6 Å². The molecule has 5 rings (SSSR count). The van der Waals surface area contributed by atoms with Crippen LogP contribution >= 0.6 is 0 Å². The van der Waals surface area contributed by atoms with Gasteiger partial charge < -0.3 is 25.0 Å². The van der Waals surface area contributed by atoms with E-state index in [1.54, 1.807) is 19.9 Å². The number of hydrogen-bond donors (Lipinski definition) is 2. The van der Waals surface area contributed by atoms with Crippen LogP contribution in [0.3, 0.4) is 0 Å². The molecule has 14 heteroatoms. The van der Waals surface area contributed by atoms with Crippen molar-refractivity contribution in [3.8, 4) is 11.5 Å². The number of ether oxygens (including phenoxy) is 2. The van der Waals surface area contributed by atoms with Crippen molar-refractivity contribution < 1.29 is 37.4 Å². The summed E-state index contributed by atoms with van der Waals surface area (Å²) in [4.78, 5) is 61.8. The minimum absolute atomic E-state index is 0.0579. The summed E-state index contributed by atoms with van der Waals surface area (Å²) in [5.74, 6) is -3.90. The molecule has 4 aromatic rings. The predicted molar refractivity (Wildman–Crippen MR) is 163 cm³/mol. The molecule has 4 amide bonds. The molecule has 3 heterocycles. The highest BCUT2D eigenvalue weighted by Gasteiger charge is 2.44. The second-order valence-electron chi connectivity index (χ2n) is 10.4. The maximum absolute atomic E-state index is 15.1. The van der Waals surface area contributed by atoms with E-state index < -0.39 is 41.4 Å². The maximum atomic E-state index is 15.1. The van der Waals surface area contributed by atoms with Crippen molar-refractivity contribution in [3.63, 3.8) is 0 Å². The first kappa shape index (κ1) is 31.5. The van der Waals surface area contributed by atoms with Gasteiger partial charge in [0, 0.05) is 42.8 Å². The molecule has 1 atom stereocenters. The van der Waals surface area contributed by atoms with Gasteiger partial charge in [-0.05, 0) is 68.4 Å².